The highest BCUT2D eigenvalue weighted by atomic mass is 15.3. The van der Waals surface area contributed by atoms with Crippen LogP contribution in [0.15, 0.2) is 43.0 Å². The second kappa shape index (κ2) is 6.11. The maximum atomic E-state index is 3.99. The zero-order valence-corrected chi connectivity index (χ0v) is 13.3. The van der Waals surface area contributed by atoms with Crippen molar-refractivity contribution in [1.29, 1.82) is 0 Å². The van der Waals surface area contributed by atoms with Crippen LogP contribution in [0, 0.1) is 5.41 Å². The number of hydrogen-bond acceptors (Lipinski definition) is 2. The lowest BCUT2D eigenvalue weighted by molar-refractivity contribution is 0.0694. The molecular weight excluding hydrogens is 244 g/mol. The van der Waals surface area contributed by atoms with Gasteiger partial charge in [-0.1, -0.05) is 57.2 Å². The Labute approximate surface area is 123 Å². The Morgan fingerprint density at radius 1 is 1.30 bits per heavy atom. The average Bonchev–Trinajstić information content (AvgIpc) is 2.45. The number of rotatable bonds is 3. The van der Waals surface area contributed by atoms with Crippen LogP contribution in [0.3, 0.4) is 0 Å². The summed E-state index contributed by atoms with van der Waals surface area (Å²) in [5.41, 5.74) is 1.67. The molecule has 3 unspecified atom stereocenters. The molecule has 3 atom stereocenters. The van der Waals surface area contributed by atoms with Crippen molar-refractivity contribution in [1.82, 2.24) is 10.2 Å². The molecular formula is C18H28N2. The summed E-state index contributed by atoms with van der Waals surface area (Å²) in [6.45, 7) is 15.2. The van der Waals surface area contributed by atoms with Gasteiger partial charge in [0.05, 0.1) is 0 Å². The Hall–Kier alpha value is -1.12. The van der Waals surface area contributed by atoms with E-state index in [4.69, 9.17) is 0 Å². The molecule has 0 radical (unpaired) electrons. The fraction of sp³-hybridized carbons (Fsp3) is 0.556. The van der Waals surface area contributed by atoms with Crippen molar-refractivity contribution >= 4 is 0 Å². The Bertz CT molecular complexity index is 432. The van der Waals surface area contributed by atoms with Gasteiger partial charge in [0, 0.05) is 31.2 Å². The van der Waals surface area contributed by atoms with Gasteiger partial charge < -0.3 is 5.32 Å². The second-order valence-corrected chi connectivity index (χ2v) is 6.93. The zero-order valence-electron chi connectivity index (χ0n) is 13.3. The number of nitrogens with one attached hydrogen (secondary N) is 1. The molecule has 1 heterocycles. The van der Waals surface area contributed by atoms with E-state index >= 15 is 0 Å². The van der Waals surface area contributed by atoms with Gasteiger partial charge in [0.2, 0.25) is 0 Å². The molecule has 1 aliphatic heterocycles. The van der Waals surface area contributed by atoms with Crippen LogP contribution in [0.25, 0.3) is 0 Å². The van der Waals surface area contributed by atoms with E-state index in [0.717, 1.165) is 13.1 Å². The number of hydrogen-bond donors (Lipinski definition) is 1. The van der Waals surface area contributed by atoms with E-state index in [-0.39, 0.29) is 5.41 Å². The first-order chi connectivity index (χ1) is 9.43. The summed E-state index contributed by atoms with van der Waals surface area (Å²) in [7, 11) is 0. The van der Waals surface area contributed by atoms with Gasteiger partial charge in [0.15, 0.2) is 0 Å². The van der Waals surface area contributed by atoms with Crippen LogP contribution in [-0.4, -0.2) is 30.1 Å². The highest BCUT2D eigenvalue weighted by Gasteiger charge is 2.35. The van der Waals surface area contributed by atoms with Gasteiger partial charge in [-0.05, 0) is 17.9 Å². The third-order valence-electron chi connectivity index (χ3n) is 4.45. The summed E-state index contributed by atoms with van der Waals surface area (Å²) >= 11 is 0. The summed E-state index contributed by atoms with van der Waals surface area (Å²) in [6.07, 6.45) is 2.06. The van der Waals surface area contributed by atoms with E-state index < -0.39 is 0 Å². The van der Waals surface area contributed by atoms with Crippen molar-refractivity contribution in [2.45, 2.75) is 45.8 Å². The minimum absolute atomic E-state index is 0.279. The van der Waals surface area contributed by atoms with Gasteiger partial charge in [-0.2, -0.15) is 0 Å². The summed E-state index contributed by atoms with van der Waals surface area (Å²) in [5, 5.41) is 3.74. The third-order valence-corrected chi connectivity index (χ3v) is 4.45. The van der Waals surface area contributed by atoms with Gasteiger partial charge >= 0.3 is 0 Å². The molecule has 0 amide bonds. The summed E-state index contributed by atoms with van der Waals surface area (Å²) in [6, 6.07) is 12.1. The molecule has 20 heavy (non-hydrogen) atoms. The highest BCUT2D eigenvalue weighted by molar-refractivity contribution is 5.21. The summed E-state index contributed by atoms with van der Waals surface area (Å²) in [4.78, 5) is 2.58. The van der Waals surface area contributed by atoms with Crippen LogP contribution >= 0.6 is 0 Å². The molecule has 1 N–H and O–H groups in total. The number of piperazine rings is 1. The van der Waals surface area contributed by atoms with E-state index in [9.17, 15) is 0 Å². The molecule has 1 aliphatic rings. The Morgan fingerprint density at radius 3 is 2.50 bits per heavy atom. The molecule has 0 saturated carbocycles. The summed E-state index contributed by atoms with van der Waals surface area (Å²) < 4.78 is 0. The van der Waals surface area contributed by atoms with E-state index in [1.807, 2.05) is 0 Å². The van der Waals surface area contributed by atoms with Crippen molar-refractivity contribution < 1.29 is 0 Å². The number of benzene rings is 1. The van der Waals surface area contributed by atoms with Gasteiger partial charge in [-0.25, -0.2) is 0 Å². The normalized spacial score (nSPS) is 26.2. The van der Waals surface area contributed by atoms with Crippen LogP contribution in [-0.2, 0) is 0 Å². The highest BCUT2D eigenvalue weighted by Crippen LogP contribution is 2.31. The standard InChI is InChI=1S/C18H28N2/c1-6-14(2)20-13-17(18(3,4)5)19-12-16(20)15-10-8-7-9-11-15/h6-11,14,16-17,19H,1,12-13H2,2-5H3. The lowest BCUT2D eigenvalue weighted by Crippen LogP contribution is -2.58. The Morgan fingerprint density at radius 2 is 1.95 bits per heavy atom. The molecule has 0 aliphatic carbocycles. The molecule has 1 saturated heterocycles. The van der Waals surface area contributed by atoms with Crippen LogP contribution in [0.5, 0.6) is 0 Å². The van der Waals surface area contributed by atoms with Gasteiger partial charge in [-0.3, -0.25) is 4.90 Å². The lowest BCUT2D eigenvalue weighted by Gasteiger charge is -2.47. The van der Waals surface area contributed by atoms with Crippen LogP contribution in [0.4, 0.5) is 0 Å². The van der Waals surface area contributed by atoms with E-state index in [1.54, 1.807) is 0 Å². The fourth-order valence-electron chi connectivity index (χ4n) is 2.92. The van der Waals surface area contributed by atoms with E-state index in [1.165, 1.54) is 5.56 Å². The topological polar surface area (TPSA) is 15.3 Å². The first-order valence-corrected chi connectivity index (χ1v) is 7.60. The lowest BCUT2D eigenvalue weighted by atomic mass is 9.83. The molecule has 110 valence electrons. The first-order valence-electron chi connectivity index (χ1n) is 7.60. The van der Waals surface area contributed by atoms with Crippen molar-refractivity contribution in [3.8, 4) is 0 Å². The van der Waals surface area contributed by atoms with Crippen LogP contribution < -0.4 is 5.32 Å². The largest absolute Gasteiger partial charge is 0.310 e. The minimum atomic E-state index is 0.279. The van der Waals surface area contributed by atoms with Gasteiger partial charge in [0.25, 0.3) is 0 Å². The molecule has 0 aromatic heterocycles. The Balaban J connectivity index is 2.23. The first kappa shape index (κ1) is 15.3. The van der Waals surface area contributed by atoms with E-state index in [0.29, 0.717) is 18.1 Å². The summed E-state index contributed by atoms with van der Waals surface area (Å²) in [5.74, 6) is 0. The molecule has 2 nitrogen and oxygen atoms in total. The zero-order chi connectivity index (χ0) is 14.8. The van der Waals surface area contributed by atoms with Gasteiger partial charge in [-0.15, -0.1) is 6.58 Å². The van der Waals surface area contributed by atoms with Crippen molar-refractivity contribution in [2.75, 3.05) is 13.1 Å². The molecule has 1 aromatic carbocycles. The minimum Gasteiger partial charge on any atom is -0.310 e. The molecule has 1 aromatic rings. The van der Waals surface area contributed by atoms with Crippen LogP contribution in [0.2, 0.25) is 0 Å². The molecule has 2 rings (SSSR count). The molecule has 1 fully saturated rings. The molecule has 2 heteroatoms. The molecule has 0 bridgehead atoms. The average molecular weight is 272 g/mol. The van der Waals surface area contributed by atoms with Crippen LogP contribution in [0.1, 0.15) is 39.3 Å². The maximum Gasteiger partial charge on any atom is 0.0479 e. The number of nitrogens with zero attached hydrogens (tertiary/aromatic N) is 1. The van der Waals surface area contributed by atoms with Crippen molar-refractivity contribution in [2.24, 2.45) is 5.41 Å². The van der Waals surface area contributed by atoms with Gasteiger partial charge in [0.1, 0.15) is 0 Å². The van der Waals surface area contributed by atoms with Crippen molar-refractivity contribution in [3.05, 3.63) is 48.6 Å². The predicted molar refractivity (Wildman–Crippen MR) is 86.8 cm³/mol. The van der Waals surface area contributed by atoms with E-state index in [2.05, 4.69) is 80.9 Å². The Kier molecular flexibility index (Phi) is 4.66. The second-order valence-electron chi connectivity index (χ2n) is 6.93. The predicted octanol–water partition coefficient (Wildman–Crippen LogP) is 3.62. The SMILES string of the molecule is C=CC(C)N1CC(C(C)(C)C)NCC1c1ccccc1. The molecule has 0 spiro atoms. The quantitative estimate of drug-likeness (QED) is 0.845. The fourth-order valence-corrected chi connectivity index (χ4v) is 2.92. The monoisotopic (exact) mass is 272 g/mol. The third kappa shape index (κ3) is 3.31. The maximum absolute atomic E-state index is 3.99. The van der Waals surface area contributed by atoms with Crippen molar-refractivity contribution in [3.63, 3.8) is 0 Å². The smallest absolute Gasteiger partial charge is 0.0479 e.